The van der Waals surface area contributed by atoms with Gasteiger partial charge < -0.3 is 4.74 Å². The van der Waals surface area contributed by atoms with Crippen LogP contribution in [0.4, 0.5) is 0 Å². The molecule has 1 aromatic carbocycles. The number of fused-ring (bicyclic) bond motifs is 3. The summed E-state index contributed by atoms with van der Waals surface area (Å²) in [5, 5.41) is 0.690. The van der Waals surface area contributed by atoms with E-state index in [9.17, 15) is 0 Å². The summed E-state index contributed by atoms with van der Waals surface area (Å²) in [7, 11) is 0. The highest BCUT2D eigenvalue weighted by atomic mass is 35.5. The molecule has 0 bridgehead atoms. The lowest BCUT2D eigenvalue weighted by Gasteiger charge is -2.18. The molecule has 0 radical (unpaired) electrons. The molecule has 16 heavy (non-hydrogen) atoms. The van der Waals surface area contributed by atoms with E-state index in [-0.39, 0.29) is 0 Å². The van der Waals surface area contributed by atoms with Gasteiger partial charge in [-0.3, -0.25) is 0 Å². The largest absolute Gasteiger partial charge is 0.486 e. The first-order valence-corrected chi connectivity index (χ1v) is 6.31. The van der Waals surface area contributed by atoms with Crippen LogP contribution < -0.4 is 4.74 Å². The van der Waals surface area contributed by atoms with Gasteiger partial charge in [-0.05, 0) is 24.6 Å². The smallest absolute Gasteiger partial charge is 0.184 e. The summed E-state index contributed by atoms with van der Waals surface area (Å²) in [5.74, 6) is 0.817. The van der Waals surface area contributed by atoms with Crippen LogP contribution in [0.5, 0.6) is 5.75 Å². The third-order valence-corrected chi connectivity index (χ3v) is 3.96. The molecule has 0 N–H and O–H groups in total. The van der Waals surface area contributed by atoms with E-state index in [1.165, 1.54) is 11.3 Å². The van der Waals surface area contributed by atoms with Crippen LogP contribution >= 0.6 is 34.5 Å². The summed E-state index contributed by atoms with van der Waals surface area (Å²) in [6.07, 6.45) is 0. The molecule has 1 aromatic heterocycles. The van der Waals surface area contributed by atoms with Gasteiger partial charge in [-0.15, -0.1) is 11.3 Å². The van der Waals surface area contributed by atoms with Gasteiger partial charge in [0.05, 0.1) is 10.6 Å². The molecule has 2 nitrogen and oxygen atoms in total. The second-order valence-corrected chi connectivity index (χ2v) is 5.64. The Labute approximate surface area is 107 Å². The molecule has 0 saturated heterocycles. The summed E-state index contributed by atoms with van der Waals surface area (Å²) < 4.78 is 6.18. The maximum atomic E-state index is 6.00. The summed E-state index contributed by atoms with van der Waals surface area (Å²) >= 11 is 13.4. The monoisotopic (exact) mass is 271 g/mol. The Morgan fingerprint density at radius 1 is 1.38 bits per heavy atom. The van der Waals surface area contributed by atoms with Crippen LogP contribution in [0, 0.1) is 6.92 Å². The number of ether oxygens (including phenoxy) is 1. The molecule has 0 atom stereocenters. The van der Waals surface area contributed by atoms with E-state index < -0.39 is 0 Å². The first kappa shape index (κ1) is 10.4. The summed E-state index contributed by atoms with van der Waals surface area (Å²) in [6, 6.07) is 3.76. The average molecular weight is 272 g/mol. The number of hydrogen-bond donors (Lipinski definition) is 0. The Kier molecular flexibility index (Phi) is 2.35. The van der Waals surface area contributed by atoms with E-state index in [1.54, 1.807) is 0 Å². The molecule has 0 aliphatic carbocycles. The molecule has 0 unspecified atom stereocenters. The summed E-state index contributed by atoms with van der Waals surface area (Å²) in [4.78, 5) is 5.34. The number of thiazole rings is 1. The molecule has 3 rings (SSSR count). The minimum Gasteiger partial charge on any atom is -0.486 e. The third-order valence-electron chi connectivity index (χ3n) is 2.53. The fraction of sp³-hybridized carbons (Fsp3) is 0.182. The zero-order valence-corrected chi connectivity index (χ0v) is 10.7. The van der Waals surface area contributed by atoms with Crippen molar-refractivity contribution in [1.29, 1.82) is 0 Å². The molecule has 1 aliphatic rings. The molecule has 5 heteroatoms. The molecule has 82 valence electrons. The first-order chi connectivity index (χ1) is 7.65. The van der Waals surface area contributed by atoms with Gasteiger partial charge in [0.1, 0.15) is 12.4 Å². The van der Waals surface area contributed by atoms with Gasteiger partial charge in [0.15, 0.2) is 4.47 Å². The minimum absolute atomic E-state index is 0.464. The first-order valence-electron chi connectivity index (χ1n) is 4.73. The highest BCUT2D eigenvalue weighted by molar-refractivity contribution is 7.19. The summed E-state index contributed by atoms with van der Waals surface area (Å²) in [5.41, 5.74) is 3.06. The van der Waals surface area contributed by atoms with Crippen molar-refractivity contribution in [3.8, 4) is 16.2 Å². The number of halogens is 2. The Morgan fingerprint density at radius 3 is 3.00 bits per heavy atom. The zero-order chi connectivity index (χ0) is 11.3. The van der Waals surface area contributed by atoms with Gasteiger partial charge >= 0.3 is 0 Å². The predicted molar refractivity (Wildman–Crippen MR) is 66.6 cm³/mol. The van der Waals surface area contributed by atoms with Gasteiger partial charge in [0.2, 0.25) is 0 Å². The van der Waals surface area contributed by atoms with Crippen LogP contribution in [-0.2, 0) is 6.61 Å². The fourth-order valence-electron chi connectivity index (χ4n) is 1.88. The van der Waals surface area contributed by atoms with Crippen LogP contribution in [0.15, 0.2) is 12.1 Å². The van der Waals surface area contributed by atoms with E-state index in [4.69, 9.17) is 27.9 Å². The molecular weight excluding hydrogens is 265 g/mol. The SMILES string of the molecule is Cc1cc(Cl)cc2c1-c1sc(Cl)nc1CO2. The molecule has 2 aromatic rings. The number of aryl methyl sites for hydroxylation is 1. The van der Waals surface area contributed by atoms with Crippen molar-refractivity contribution >= 4 is 34.5 Å². The van der Waals surface area contributed by atoms with Crippen molar-refractivity contribution in [2.45, 2.75) is 13.5 Å². The molecule has 0 spiro atoms. The zero-order valence-electron chi connectivity index (χ0n) is 8.38. The molecule has 0 saturated carbocycles. The molecule has 0 amide bonds. The van der Waals surface area contributed by atoms with Gasteiger partial charge in [0, 0.05) is 10.6 Å². The van der Waals surface area contributed by atoms with Crippen LogP contribution in [0.3, 0.4) is 0 Å². The van der Waals surface area contributed by atoms with Gasteiger partial charge in [-0.25, -0.2) is 4.98 Å². The third kappa shape index (κ3) is 1.51. The quantitative estimate of drug-likeness (QED) is 0.712. The van der Waals surface area contributed by atoms with Gasteiger partial charge in [-0.2, -0.15) is 0 Å². The number of benzene rings is 1. The second kappa shape index (κ2) is 3.62. The van der Waals surface area contributed by atoms with Crippen molar-refractivity contribution in [3.05, 3.63) is 32.9 Å². The number of hydrogen-bond acceptors (Lipinski definition) is 3. The highest BCUT2D eigenvalue weighted by Crippen LogP contribution is 2.45. The number of nitrogens with zero attached hydrogens (tertiary/aromatic N) is 1. The maximum absolute atomic E-state index is 6.00. The van der Waals surface area contributed by atoms with E-state index in [1.807, 2.05) is 19.1 Å². The molecule has 0 fully saturated rings. The lowest BCUT2D eigenvalue weighted by molar-refractivity contribution is 0.298. The van der Waals surface area contributed by atoms with Crippen molar-refractivity contribution < 1.29 is 4.74 Å². The van der Waals surface area contributed by atoms with Crippen LogP contribution in [0.2, 0.25) is 9.49 Å². The highest BCUT2D eigenvalue weighted by Gasteiger charge is 2.23. The van der Waals surface area contributed by atoms with E-state index in [0.29, 0.717) is 16.1 Å². The van der Waals surface area contributed by atoms with Gasteiger partial charge in [0.25, 0.3) is 0 Å². The van der Waals surface area contributed by atoms with E-state index >= 15 is 0 Å². The fourth-order valence-corrected chi connectivity index (χ4v) is 3.39. The summed E-state index contributed by atoms with van der Waals surface area (Å²) in [6.45, 7) is 2.47. The predicted octanol–water partition coefficient (Wildman–Crippen LogP) is 4.32. The van der Waals surface area contributed by atoms with E-state index in [2.05, 4.69) is 4.98 Å². The molecule has 1 aliphatic heterocycles. The average Bonchev–Trinajstić information content (AvgIpc) is 2.56. The lowest BCUT2D eigenvalue weighted by Crippen LogP contribution is -2.05. The van der Waals surface area contributed by atoms with Crippen molar-refractivity contribution in [2.24, 2.45) is 0 Å². The Balaban J connectivity index is 2.31. The second-order valence-electron chi connectivity index (χ2n) is 3.63. The molecular formula is C11H7Cl2NOS. The van der Waals surface area contributed by atoms with Crippen LogP contribution in [0.25, 0.3) is 10.4 Å². The normalized spacial score (nSPS) is 12.9. The van der Waals surface area contributed by atoms with Crippen molar-refractivity contribution in [1.82, 2.24) is 4.98 Å². The topological polar surface area (TPSA) is 22.1 Å². The minimum atomic E-state index is 0.464. The van der Waals surface area contributed by atoms with Crippen LogP contribution in [0.1, 0.15) is 11.3 Å². The number of rotatable bonds is 0. The molecule has 2 heterocycles. The van der Waals surface area contributed by atoms with E-state index in [0.717, 1.165) is 27.4 Å². The van der Waals surface area contributed by atoms with Crippen molar-refractivity contribution in [3.63, 3.8) is 0 Å². The Morgan fingerprint density at radius 2 is 2.19 bits per heavy atom. The van der Waals surface area contributed by atoms with Crippen molar-refractivity contribution in [2.75, 3.05) is 0 Å². The van der Waals surface area contributed by atoms with Crippen LogP contribution in [-0.4, -0.2) is 4.98 Å². The lowest BCUT2D eigenvalue weighted by atomic mass is 10.0. The Hall–Kier alpha value is -0.770. The maximum Gasteiger partial charge on any atom is 0.184 e. The number of aromatic nitrogens is 1. The Bertz CT molecular complexity index is 580. The standard InChI is InChI=1S/C11H7Cl2NOS/c1-5-2-6(12)3-8-9(5)10-7(4-15-8)14-11(13)16-10/h2-3H,4H2,1H3. The van der Waals surface area contributed by atoms with Gasteiger partial charge in [-0.1, -0.05) is 23.2 Å².